The fourth-order valence-electron chi connectivity index (χ4n) is 3.15. The highest BCUT2D eigenvalue weighted by Gasteiger charge is 2.18. The lowest BCUT2D eigenvalue weighted by Crippen LogP contribution is -2.33. The summed E-state index contributed by atoms with van der Waals surface area (Å²) in [5.74, 6) is -0.0991. The smallest absolute Gasteiger partial charge is 0.270 e. The molecule has 0 unspecified atom stereocenters. The number of halogens is 1. The van der Waals surface area contributed by atoms with Crippen LogP contribution in [0.4, 0.5) is 11.4 Å². The number of hydrogen-bond donors (Lipinski definition) is 2. The molecule has 2 N–H and O–H groups in total. The first kappa shape index (κ1) is 16.8. The Balaban J connectivity index is 1.69. The van der Waals surface area contributed by atoms with Gasteiger partial charge in [0.15, 0.2) is 0 Å². The minimum absolute atomic E-state index is 0.0991. The standard InChI is InChI=1S/C19H22ClN3O/c1-12-9-13(2)18(16(20)10-12)22-15-7-8-17(21-11-15)19(24)23-14-5-3-4-6-14/h7-11,14,22H,3-6H2,1-2H3,(H,23,24). The third kappa shape index (κ3) is 3.88. The topological polar surface area (TPSA) is 54.0 Å². The van der Waals surface area contributed by atoms with Gasteiger partial charge in [-0.25, -0.2) is 4.98 Å². The third-order valence-electron chi connectivity index (χ3n) is 4.39. The molecular formula is C19H22ClN3O. The van der Waals surface area contributed by atoms with E-state index in [9.17, 15) is 4.79 Å². The molecule has 1 aliphatic rings. The number of benzene rings is 1. The molecule has 5 heteroatoms. The van der Waals surface area contributed by atoms with Crippen LogP contribution in [0.3, 0.4) is 0 Å². The fourth-order valence-corrected chi connectivity index (χ4v) is 3.52. The number of hydrogen-bond acceptors (Lipinski definition) is 3. The van der Waals surface area contributed by atoms with Crippen molar-refractivity contribution in [2.75, 3.05) is 5.32 Å². The Morgan fingerprint density at radius 3 is 2.58 bits per heavy atom. The van der Waals surface area contributed by atoms with E-state index < -0.39 is 0 Å². The molecule has 2 aromatic rings. The van der Waals surface area contributed by atoms with E-state index in [4.69, 9.17) is 11.6 Å². The lowest BCUT2D eigenvalue weighted by atomic mass is 10.1. The van der Waals surface area contributed by atoms with E-state index >= 15 is 0 Å². The molecule has 0 radical (unpaired) electrons. The van der Waals surface area contributed by atoms with Gasteiger partial charge in [0, 0.05) is 6.04 Å². The minimum atomic E-state index is -0.0991. The molecule has 0 saturated heterocycles. The number of carbonyl (C=O) groups is 1. The van der Waals surface area contributed by atoms with Crippen molar-refractivity contribution in [2.24, 2.45) is 0 Å². The van der Waals surface area contributed by atoms with E-state index in [1.807, 2.05) is 26.0 Å². The molecule has 0 spiro atoms. The summed E-state index contributed by atoms with van der Waals surface area (Å²) in [7, 11) is 0. The summed E-state index contributed by atoms with van der Waals surface area (Å²) in [4.78, 5) is 16.5. The molecule has 0 aliphatic heterocycles. The minimum Gasteiger partial charge on any atom is -0.353 e. The Hall–Kier alpha value is -2.07. The van der Waals surface area contributed by atoms with Gasteiger partial charge in [-0.05, 0) is 56.0 Å². The molecule has 4 nitrogen and oxygen atoms in total. The highest BCUT2D eigenvalue weighted by molar-refractivity contribution is 6.33. The van der Waals surface area contributed by atoms with Crippen molar-refractivity contribution >= 4 is 28.9 Å². The monoisotopic (exact) mass is 343 g/mol. The Labute approximate surface area is 147 Å². The first-order valence-corrected chi connectivity index (χ1v) is 8.71. The van der Waals surface area contributed by atoms with Crippen LogP contribution in [0.2, 0.25) is 5.02 Å². The number of nitrogens with one attached hydrogen (secondary N) is 2. The Morgan fingerprint density at radius 2 is 1.96 bits per heavy atom. The molecule has 1 amide bonds. The second kappa shape index (κ2) is 7.22. The largest absolute Gasteiger partial charge is 0.353 e. The molecule has 126 valence electrons. The van der Waals surface area contributed by atoms with Gasteiger partial charge in [0.25, 0.3) is 5.91 Å². The summed E-state index contributed by atoms with van der Waals surface area (Å²) < 4.78 is 0. The van der Waals surface area contributed by atoms with E-state index in [2.05, 4.69) is 21.7 Å². The number of anilines is 2. The summed E-state index contributed by atoms with van der Waals surface area (Å²) in [5.41, 5.74) is 4.32. The molecule has 1 aliphatic carbocycles. The SMILES string of the molecule is Cc1cc(C)c(Nc2ccc(C(=O)NC3CCCC3)nc2)c(Cl)c1. The quantitative estimate of drug-likeness (QED) is 0.840. The van der Waals surface area contributed by atoms with Crippen molar-refractivity contribution < 1.29 is 4.79 Å². The van der Waals surface area contributed by atoms with Crippen LogP contribution in [0, 0.1) is 13.8 Å². The summed E-state index contributed by atoms with van der Waals surface area (Å²) in [5, 5.41) is 7.00. The van der Waals surface area contributed by atoms with Crippen molar-refractivity contribution in [3.63, 3.8) is 0 Å². The highest BCUT2D eigenvalue weighted by Crippen LogP contribution is 2.30. The molecule has 0 bridgehead atoms. The van der Waals surface area contributed by atoms with Gasteiger partial charge in [-0.2, -0.15) is 0 Å². The third-order valence-corrected chi connectivity index (χ3v) is 4.69. The van der Waals surface area contributed by atoms with Crippen molar-refractivity contribution in [1.29, 1.82) is 0 Å². The Morgan fingerprint density at radius 1 is 1.21 bits per heavy atom. The lowest BCUT2D eigenvalue weighted by molar-refractivity contribution is 0.0933. The average molecular weight is 344 g/mol. The maximum absolute atomic E-state index is 12.2. The van der Waals surface area contributed by atoms with Gasteiger partial charge in [0.1, 0.15) is 5.69 Å². The van der Waals surface area contributed by atoms with Crippen LogP contribution < -0.4 is 10.6 Å². The number of aromatic nitrogens is 1. The van der Waals surface area contributed by atoms with E-state index in [1.165, 1.54) is 12.8 Å². The van der Waals surface area contributed by atoms with Crippen molar-refractivity contribution in [2.45, 2.75) is 45.6 Å². The number of carbonyl (C=O) groups excluding carboxylic acids is 1. The van der Waals surface area contributed by atoms with Crippen LogP contribution in [0.5, 0.6) is 0 Å². The Kier molecular flexibility index (Phi) is 5.05. The van der Waals surface area contributed by atoms with E-state index in [-0.39, 0.29) is 5.91 Å². The molecular weight excluding hydrogens is 322 g/mol. The number of aryl methyl sites for hydroxylation is 2. The van der Waals surface area contributed by atoms with Gasteiger partial charge in [-0.3, -0.25) is 4.79 Å². The molecule has 1 aromatic carbocycles. The molecule has 24 heavy (non-hydrogen) atoms. The maximum Gasteiger partial charge on any atom is 0.270 e. The van der Waals surface area contributed by atoms with Crippen LogP contribution >= 0.6 is 11.6 Å². The molecule has 1 aromatic heterocycles. The highest BCUT2D eigenvalue weighted by atomic mass is 35.5. The second-order valence-electron chi connectivity index (χ2n) is 6.45. The van der Waals surface area contributed by atoms with E-state index in [0.29, 0.717) is 16.8 Å². The van der Waals surface area contributed by atoms with Gasteiger partial charge in [-0.15, -0.1) is 0 Å². The average Bonchev–Trinajstić information content (AvgIpc) is 3.04. The van der Waals surface area contributed by atoms with E-state index in [1.54, 1.807) is 12.3 Å². The van der Waals surface area contributed by atoms with Gasteiger partial charge >= 0.3 is 0 Å². The number of pyridine rings is 1. The molecule has 3 rings (SSSR count). The predicted octanol–water partition coefficient (Wildman–Crippen LogP) is 4.77. The second-order valence-corrected chi connectivity index (χ2v) is 6.86. The first-order valence-electron chi connectivity index (χ1n) is 8.33. The van der Waals surface area contributed by atoms with Crippen LogP contribution in [-0.2, 0) is 0 Å². The summed E-state index contributed by atoms with van der Waals surface area (Å²) in [6.45, 7) is 4.03. The number of rotatable bonds is 4. The zero-order valence-corrected chi connectivity index (χ0v) is 14.8. The zero-order chi connectivity index (χ0) is 17.1. The van der Waals surface area contributed by atoms with Crippen LogP contribution in [-0.4, -0.2) is 16.9 Å². The van der Waals surface area contributed by atoms with Gasteiger partial charge in [0.2, 0.25) is 0 Å². The number of nitrogens with zero attached hydrogens (tertiary/aromatic N) is 1. The normalized spacial score (nSPS) is 14.6. The van der Waals surface area contributed by atoms with E-state index in [0.717, 1.165) is 35.3 Å². The first-order chi connectivity index (χ1) is 11.5. The fraction of sp³-hybridized carbons (Fsp3) is 0.368. The van der Waals surface area contributed by atoms with Crippen molar-refractivity contribution in [3.05, 3.63) is 52.3 Å². The van der Waals surface area contributed by atoms with Crippen LogP contribution in [0.15, 0.2) is 30.5 Å². The van der Waals surface area contributed by atoms with Crippen molar-refractivity contribution in [1.82, 2.24) is 10.3 Å². The van der Waals surface area contributed by atoms with Crippen LogP contribution in [0.1, 0.15) is 47.3 Å². The molecule has 0 atom stereocenters. The van der Waals surface area contributed by atoms with Gasteiger partial charge < -0.3 is 10.6 Å². The Bertz CT molecular complexity index is 714. The summed E-state index contributed by atoms with van der Waals surface area (Å²) in [6, 6.07) is 7.89. The van der Waals surface area contributed by atoms with Crippen molar-refractivity contribution in [3.8, 4) is 0 Å². The van der Waals surface area contributed by atoms with Gasteiger partial charge in [-0.1, -0.05) is 30.5 Å². The zero-order valence-electron chi connectivity index (χ0n) is 14.0. The van der Waals surface area contributed by atoms with Gasteiger partial charge in [0.05, 0.1) is 22.6 Å². The maximum atomic E-state index is 12.2. The number of amides is 1. The molecule has 1 fully saturated rings. The summed E-state index contributed by atoms with van der Waals surface area (Å²) in [6.07, 6.45) is 6.18. The molecule has 1 saturated carbocycles. The summed E-state index contributed by atoms with van der Waals surface area (Å²) >= 11 is 6.31. The predicted molar refractivity (Wildman–Crippen MR) is 98.2 cm³/mol. The lowest BCUT2D eigenvalue weighted by Gasteiger charge is -2.14. The van der Waals surface area contributed by atoms with Crippen LogP contribution in [0.25, 0.3) is 0 Å². The molecule has 1 heterocycles.